The van der Waals surface area contributed by atoms with E-state index in [4.69, 9.17) is 5.26 Å². The number of amides is 1. The molecule has 0 spiro atoms. The summed E-state index contributed by atoms with van der Waals surface area (Å²) in [6.07, 6.45) is 7.29. The van der Waals surface area contributed by atoms with Crippen LogP contribution in [0.4, 0.5) is 0 Å². The van der Waals surface area contributed by atoms with Crippen LogP contribution in [0.1, 0.15) is 51.5 Å². The number of allylic oxidation sites excluding steroid dienone is 4. The molecule has 0 N–H and O–H groups in total. The zero-order valence-electron chi connectivity index (χ0n) is 17.5. The molecule has 4 nitrogen and oxygen atoms in total. The van der Waals surface area contributed by atoms with Crippen LogP contribution in [0.5, 0.6) is 0 Å². The van der Waals surface area contributed by atoms with Gasteiger partial charge in [0.1, 0.15) is 0 Å². The van der Waals surface area contributed by atoms with E-state index in [1.54, 1.807) is 0 Å². The van der Waals surface area contributed by atoms with Gasteiger partial charge in [0, 0.05) is 34.3 Å². The van der Waals surface area contributed by atoms with E-state index in [0.717, 1.165) is 34.1 Å². The topological polar surface area (TPSA) is 61.2 Å². The Bertz CT molecular complexity index is 972. The first-order valence-electron chi connectivity index (χ1n) is 10.7. The Morgan fingerprint density at radius 3 is 2.70 bits per heavy atom. The van der Waals surface area contributed by atoms with Crippen molar-refractivity contribution in [1.29, 1.82) is 5.26 Å². The second-order valence-corrected chi connectivity index (χ2v) is 10.0. The lowest BCUT2D eigenvalue weighted by molar-refractivity contribution is -0.140. The Morgan fingerprint density at radius 2 is 2.00 bits per heavy atom. The van der Waals surface area contributed by atoms with Crippen LogP contribution >= 0.6 is 15.9 Å². The van der Waals surface area contributed by atoms with Crippen LogP contribution in [0.15, 0.2) is 52.2 Å². The molecule has 1 fully saturated rings. The standard InChI is InChI=1S/C25H27BrN2O2/c1-16-14-21(29)24-20(19(16)4-3-13-27)9-10-22-25(24,2)12-11-23(30)28(22)15-17-5-7-18(26)8-6-17/h5-8,10,14,19-20,24H,3-4,9,11-12,15H2,1-2H3/t19-,20+,24-,25+/m1/s1. The summed E-state index contributed by atoms with van der Waals surface area (Å²) < 4.78 is 1.01. The average molecular weight is 467 g/mol. The molecule has 1 amide bonds. The van der Waals surface area contributed by atoms with Crippen molar-refractivity contribution in [2.45, 2.75) is 52.5 Å². The minimum absolute atomic E-state index is 0.120. The summed E-state index contributed by atoms with van der Waals surface area (Å²) in [7, 11) is 0. The first-order chi connectivity index (χ1) is 14.3. The third-order valence-corrected chi connectivity index (χ3v) is 7.86. The van der Waals surface area contributed by atoms with Crippen LogP contribution in [0, 0.1) is 34.5 Å². The molecule has 4 atom stereocenters. The summed E-state index contributed by atoms with van der Waals surface area (Å²) in [5, 5.41) is 9.10. The summed E-state index contributed by atoms with van der Waals surface area (Å²) in [5.74, 6) is 0.685. The molecule has 4 rings (SSSR count). The third kappa shape index (κ3) is 3.56. The van der Waals surface area contributed by atoms with Gasteiger partial charge in [-0.15, -0.1) is 0 Å². The molecule has 0 radical (unpaired) electrons. The predicted octanol–water partition coefficient (Wildman–Crippen LogP) is 5.55. The Morgan fingerprint density at radius 1 is 1.27 bits per heavy atom. The normalized spacial score (nSPS) is 30.7. The lowest BCUT2D eigenvalue weighted by Gasteiger charge is -2.54. The van der Waals surface area contributed by atoms with Crippen molar-refractivity contribution in [3.63, 3.8) is 0 Å². The van der Waals surface area contributed by atoms with Crippen molar-refractivity contribution in [2.24, 2.45) is 23.2 Å². The van der Waals surface area contributed by atoms with Crippen molar-refractivity contribution >= 4 is 27.6 Å². The molecule has 1 heterocycles. The molecule has 0 aromatic heterocycles. The van der Waals surface area contributed by atoms with Gasteiger partial charge in [0.05, 0.1) is 12.6 Å². The maximum atomic E-state index is 13.2. The summed E-state index contributed by atoms with van der Waals surface area (Å²) in [6.45, 7) is 4.73. The smallest absolute Gasteiger partial charge is 0.227 e. The number of carbonyl (C=O) groups is 2. The van der Waals surface area contributed by atoms with Gasteiger partial charge in [-0.25, -0.2) is 0 Å². The number of halogens is 1. The van der Waals surface area contributed by atoms with Crippen LogP contribution in [0.3, 0.4) is 0 Å². The SMILES string of the molecule is CC1=CC(=O)[C@H]2[C@@H](CC=C3N(Cc4ccc(Br)cc4)C(=O)CC[C@@]32C)[C@@H]1CCC#N. The van der Waals surface area contributed by atoms with Crippen LogP contribution in [-0.2, 0) is 16.1 Å². The van der Waals surface area contributed by atoms with Gasteiger partial charge in [-0.1, -0.05) is 46.6 Å². The summed E-state index contributed by atoms with van der Waals surface area (Å²) in [5.41, 5.74) is 2.86. The predicted molar refractivity (Wildman–Crippen MR) is 119 cm³/mol. The van der Waals surface area contributed by atoms with Crippen LogP contribution < -0.4 is 0 Å². The first kappa shape index (κ1) is 21.1. The number of rotatable bonds is 4. The van der Waals surface area contributed by atoms with Crippen molar-refractivity contribution in [2.75, 3.05) is 0 Å². The van der Waals surface area contributed by atoms with Crippen molar-refractivity contribution in [1.82, 2.24) is 4.90 Å². The van der Waals surface area contributed by atoms with Gasteiger partial charge in [-0.2, -0.15) is 5.26 Å². The van der Waals surface area contributed by atoms with Crippen molar-refractivity contribution in [3.8, 4) is 6.07 Å². The van der Waals surface area contributed by atoms with E-state index in [0.29, 0.717) is 25.8 Å². The van der Waals surface area contributed by atoms with Gasteiger partial charge in [-0.3, -0.25) is 9.59 Å². The minimum atomic E-state index is -0.342. The molecule has 1 aliphatic heterocycles. The highest BCUT2D eigenvalue weighted by Gasteiger charge is 2.54. The van der Waals surface area contributed by atoms with Gasteiger partial charge >= 0.3 is 0 Å². The molecule has 30 heavy (non-hydrogen) atoms. The molecule has 1 aromatic carbocycles. The van der Waals surface area contributed by atoms with E-state index in [1.807, 2.05) is 42.2 Å². The maximum Gasteiger partial charge on any atom is 0.227 e. The number of carbonyl (C=O) groups excluding carboxylic acids is 2. The van der Waals surface area contributed by atoms with E-state index in [-0.39, 0.29) is 34.9 Å². The summed E-state index contributed by atoms with van der Waals surface area (Å²) >= 11 is 3.46. The number of hydrogen-bond acceptors (Lipinski definition) is 3. The van der Waals surface area contributed by atoms with Crippen LogP contribution in [-0.4, -0.2) is 16.6 Å². The average Bonchev–Trinajstić information content (AvgIpc) is 2.71. The van der Waals surface area contributed by atoms with Crippen molar-refractivity contribution in [3.05, 3.63) is 57.7 Å². The molecule has 0 saturated carbocycles. The molecule has 0 bridgehead atoms. The Hall–Kier alpha value is -2.19. The largest absolute Gasteiger partial charge is 0.312 e. The molecule has 1 aromatic rings. The highest BCUT2D eigenvalue weighted by Crippen LogP contribution is 2.56. The molecule has 2 aliphatic carbocycles. The van der Waals surface area contributed by atoms with Gasteiger partial charge in [0.2, 0.25) is 5.91 Å². The van der Waals surface area contributed by atoms with Gasteiger partial charge in [-0.05, 0) is 61.8 Å². The number of hydrogen-bond donors (Lipinski definition) is 0. The molecule has 0 unspecified atom stereocenters. The van der Waals surface area contributed by atoms with E-state index >= 15 is 0 Å². The Labute approximate surface area is 186 Å². The summed E-state index contributed by atoms with van der Waals surface area (Å²) in [4.78, 5) is 28.0. The number of likely N-dealkylation sites (tertiary alicyclic amines) is 1. The summed E-state index contributed by atoms with van der Waals surface area (Å²) in [6, 6.07) is 10.3. The van der Waals surface area contributed by atoms with Gasteiger partial charge in [0.25, 0.3) is 0 Å². The number of fused-ring (bicyclic) bond motifs is 3. The lowest BCUT2D eigenvalue weighted by atomic mass is 9.53. The Kier molecular flexibility index (Phi) is 5.72. The fourth-order valence-electron chi connectivity index (χ4n) is 5.87. The second kappa shape index (κ2) is 8.15. The highest BCUT2D eigenvalue weighted by atomic mass is 79.9. The fourth-order valence-corrected chi connectivity index (χ4v) is 6.14. The molecule has 5 heteroatoms. The third-order valence-electron chi connectivity index (χ3n) is 7.33. The molecular weight excluding hydrogens is 440 g/mol. The highest BCUT2D eigenvalue weighted by molar-refractivity contribution is 9.10. The van der Waals surface area contributed by atoms with Crippen molar-refractivity contribution < 1.29 is 9.59 Å². The van der Waals surface area contributed by atoms with Crippen LogP contribution in [0.25, 0.3) is 0 Å². The minimum Gasteiger partial charge on any atom is -0.312 e. The number of ketones is 1. The number of benzene rings is 1. The number of piperidine rings is 1. The molecule has 1 saturated heterocycles. The quantitative estimate of drug-likeness (QED) is 0.584. The Balaban J connectivity index is 1.69. The van der Waals surface area contributed by atoms with E-state index < -0.39 is 0 Å². The zero-order valence-corrected chi connectivity index (χ0v) is 19.1. The van der Waals surface area contributed by atoms with Gasteiger partial charge < -0.3 is 4.90 Å². The molecular formula is C25H27BrN2O2. The molecule has 3 aliphatic rings. The van der Waals surface area contributed by atoms with E-state index in [9.17, 15) is 9.59 Å². The first-order valence-corrected chi connectivity index (χ1v) is 11.5. The molecule has 156 valence electrons. The van der Waals surface area contributed by atoms with Gasteiger partial charge in [0.15, 0.2) is 5.78 Å². The lowest BCUT2D eigenvalue weighted by Crippen LogP contribution is -2.54. The maximum absolute atomic E-state index is 13.2. The zero-order chi connectivity index (χ0) is 21.5. The van der Waals surface area contributed by atoms with Crippen LogP contribution in [0.2, 0.25) is 0 Å². The fraction of sp³-hybridized carbons (Fsp3) is 0.480. The number of nitriles is 1. The van der Waals surface area contributed by atoms with E-state index in [2.05, 4.69) is 35.0 Å². The van der Waals surface area contributed by atoms with E-state index in [1.165, 1.54) is 0 Å². The second-order valence-electron chi connectivity index (χ2n) is 9.08. The number of nitrogens with zero attached hydrogens (tertiary/aromatic N) is 2. The monoisotopic (exact) mass is 466 g/mol.